The highest BCUT2D eigenvalue weighted by atomic mass is 19.4. The smallest absolute Gasteiger partial charge is 0.392 e. The van der Waals surface area contributed by atoms with Gasteiger partial charge in [-0.05, 0) is 30.0 Å². The van der Waals surface area contributed by atoms with Crippen molar-refractivity contribution in [2.45, 2.75) is 32.2 Å². The predicted octanol–water partition coefficient (Wildman–Crippen LogP) is 2.19. The number of aliphatic hydroxyl groups is 1. The lowest BCUT2D eigenvalue weighted by atomic mass is 9.90. The van der Waals surface area contributed by atoms with Gasteiger partial charge >= 0.3 is 12.1 Å². The summed E-state index contributed by atoms with van der Waals surface area (Å²) in [5.74, 6) is -1.81. The van der Waals surface area contributed by atoms with Crippen LogP contribution in [0.1, 0.15) is 29.7 Å². The Morgan fingerprint density at radius 3 is 2.74 bits per heavy atom. The first-order valence-electron chi connectivity index (χ1n) is 5.95. The number of fused-ring (bicyclic) bond motifs is 1. The van der Waals surface area contributed by atoms with Gasteiger partial charge in [-0.1, -0.05) is 18.2 Å². The molecule has 1 unspecified atom stereocenters. The highest BCUT2D eigenvalue weighted by molar-refractivity contribution is 5.82. The highest BCUT2D eigenvalue weighted by Crippen LogP contribution is 2.34. The summed E-state index contributed by atoms with van der Waals surface area (Å²) in [4.78, 5) is 12.2. The number of amides is 1. The highest BCUT2D eigenvalue weighted by Gasteiger charge is 2.45. The van der Waals surface area contributed by atoms with Crippen LogP contribution in [-0.2, 0) is 17.8 Å². The average molecular weight is 273 g/mol. The monoisotopic (exact) mass is 273 g/mol. The summed E-state index contributed by atoms with van der Waals surface area (Å²) < 4.78 is 37.5. The molecule has 2 rings (SSSR count). The van der Waals surface area contributed by atoms with Gasteiger partial charge in [0.15, 0.2) is 0 Å². The number of rotatable bonds is 1. The van der Waals surface area contributed by atoms with Gasteiger partial charge < -0.3 is 10.0 Å². The quantitative estimate of drug-likeness (QED) is 0.852. The van der Waals surface area contributed by atoms with E-state index in [9.17, 15) is 23.1 Å². The fraction of sp³-hybridized carbons (Fsp3) is 0.462. The first-order chi connectivity index (χ1) is 8.86. The standard InChI is InChI=1S/C13H14F3NO2/c1-8-10-4-2-3-9(7-18)11(10)5-6-17(8)12(19)13(14,15)16/h2-4,8,18H,5-7H2,1H3. The molecular formula is C13H14F3NO2. The molecule has 0 saturated carbocycles. The number of nitrogens with zero attached hydrogens (tertiary/aromatic N) is 1. The van der Waals surface area contributed by atoms with Crippen molar-refractivity contribution in [3.63, 3.8) is 0 Å². The summed E-state index contributed by atoms with van der Waals surface area (Å²) in [6.45, 7) is 1.44. The molecule has 6 heteroatoms. The molecule has 1 aliphatic rings. The summed E-state index contributed by atoms with van der Waals surface area (Å²) >= 11 is 0. The van der Waals surface area contributed by atoms with Crippen LogP contribution in [0.3, 0.4) is 0 Å². The van der Waals surface area contributed by atoms with Gasteiger partial charge in [0.05, 0.1) is 12.6 Å². The SMILES string of the molecule is CC1c2cccc(CO)c2CCN1C(=O)C(F)(F)F. The number of carbonyl (C=O) groups excluding carboxylic acids is 1. The van der Waals surface area contributed by atoms with E-state index in [4.69, 9.17) is 0 Å². The lowest BCUT2D eigenvalue weighted by molar-refractivity contribution is -0.188. The van der Waals surface area contributed by atoms with E-state index in [0.717, 1.165) is 10.5 Å². The molecule has 19 heavy (non-hydrogen) atoms. The lowest BCUT2D eigenvalue weighted by Crippen LogP contribution is -2.45. The van der Waals surface area contributed by atoms with Crippen molar-refractivity contribution in [1.29, 1.82) is 0 Å². The van der Waals surface area contributed by atoms with E-state index in [2.05, 4.69) is 0 Å². The Hall–Kier alpha value is -1.56. The van der Waals surface area contributed by atoms with Gasteiger partial charge in [0.25, 0.3) is 0 Å². The molecule has 104 valence electrons. The van der Waals surface area contributed by atoms with Crippen LogP contribution in [0, 0.1) is 0 Å². The summed E-state index contributed by atoms with van der Waals surface area (Å²) in [7, 11) is 0. The Labute approximate surface area is 108 Å². The molecule has 1 aliphatic heterocycles. The van der Waals surface area contributed by atoms with Gasteiger partial charge in [-0.2, -0.15) is 13.2 Å². The third-order valence-corrected chi connectivity index (χ3v) is 3.50. The van der Waals surface area contributed by atoms with Crippen LogP contribution in [-0.4, -0.2) is 28.6 Å². The van der Waals surface area contributed by atoms with E-state index in [-0.39, 0.29) is 13.2 Å². The van der Waals surface area contributed by atoms with Crippen molar-refractivity contribution < 1.29 is 23.1 Å². The average Bonchev–Trinajstić information content (AvgIpc) is 2.37. The van der Waals surface area contributed by atoms with Crippen molar-refractivity contribution >= 4 is 5.91 Å². The number of carbonyl (C=O) groups is 1. The minimum absolute atomic E-state index is 0.0174. The molecule has 1 N–H and O–H groups in total. The van der Waals surface area contributed by atoms with E-state index in [1.54, 1.807) is 25.1 Å². The van der Waals surface area contributed by atoms with Crippen molar-refractivity contribution in [3.8, 4) is 0 Å². The topological polar surface area (TPSA) is 40.5 Å². The van der Waals surface area contributed by atoms with Crippen LogP contribution >= 0.6 is 0 Å². The normalized spacial score (nSPS) is 19.2. The molecular weight excluding hydrogens is 259 g/mol. The third-order valence-electron chi connectivity index (χ3n) is 3.50. The van der Waals surface area contributed by atoms with Crippen LogP contribution in [0.2, 0.25) is 0 Å². The lowest BCUT2D eigenvalue weighted by Gasteiger charge is -2.36. The van der Waals surface area contributed by atoms with Crippen LogP contribution in [0.5, 0.6) is 0 Å². The van der Waals surface area contributed by atoms with Crippen molar-refractivity contribution in [3.05, 3.63) is 34.9 Å². The van der Waals surface area contributed by atoms with Gasteiger partial charge in [-0.3, -0.25) is 4.79 Å². The molecule has 0 spiro atoms. The zero-order valence-corrected chi connectivity index (χ0v) is 10.4. The molecule has 1 atom stereocenters. The second-order valence-corrected chi connectivity index (χ2v) is 4.57. The van der Waals surface area contributed by atoms with Crippen LogP contribution in [0.25, 0.3) is 0 Å². The Balaban J connectivity index is 2.35. The first-order valence-corrected chi connectivity index (χ1v) is 5.95. The fourth-order valence-electron chi connectivity index (χ4n) is 2.53. The van der Waals surface area contributed by atoms with Crippen molar-refractivity contribution in [1.82, 2.24) is 4.90 Å². The van der Waals surface area contributed by atoms with E-state index in [1.165, 1.54) is 0 Å². The Kier molecular flexibility index (Phi) is 3.54. The largest absolute Gasteiger partial charge is 0.471 e. The summed E-state index contributed by atoms with van der Waals surface area (Å²) in [5.41, 5.74) is 2.24. The number of hydrogen-bond donors (Lipinski definition) is 1. The number of alkyl halides is 3. The van der Waals surface area contributed by atoms with E-state index in [0.29, 0.717) is 17.5 Å². The van der Waals surface area contributed by atoms with Crippen molar-refractivity contribution in [2.24, 2.45) is 0 Å². The third kappa shape index (κ3) is 2.45. The number of halogens is 3. The van der Waals surface area contributed by atoms with Gasteiger partial charge in [0.2, 0.25) is 0 Å². The molecule has 0 aromatic heterocycles. The van der Waals surface area contributed by atoms with E-state index < -0.39 is 18.1 Å². The zero-order chi connectivity index (χ0) is 14.2. The van der Waals surface area contributed by atoms with Crippen LogP contribution < -0.4 is 0 Å². The Morgan fingerprint density at radius 1 is 1.47 bits per heavy atom. The predicted molar refractivity (Wildman–Crippen MR) is 62.3 cm³/mol. The second-order valence-electron chi connectivity index (χ2n) is 4.57. The molecule has 0 saturated heterocycles. The summed E-state index contributed by atoms with van der Waals surface area (Å²) in [6.07, 6.45) is -4.52. The number of benzene rings is 1. The maximum atomic E-state index is 12.5. The van der Waals surface area contributed by atoms with Gasteiger partial charge in [-0.15, -0.1) is 0 Å². The summed E-state index contributed by atoms with van der Waals surface area (Å²) in [5, 5.41) is 9.22. The molecule has 1 amide bonds. The maximum absolute atomic E-state index is 12.5. The van der Waals surface area contributed by atoms with Crippen molar-refractivity contribution in [2.75, 3.05) is 6.54 Å². The molecule has 1 aromatic rings. The zero-order valence-electron chi connectivity index (χ0n) is 10.4. The number of aliphatic hydroxyl groups excluding tert-OH is 1. The maximum Gasteiger partial charge on any atom is 0.471 e. The minimum atomic E-state index is -4.85. The van der Waals surface area contributed by atoms with Gasteiger partial charge in [0.1, 0.15) is 0 Å². The van der Waals surface area contributed by atoms with Gasteiger partial charge in [0, 0.05) is 6.54 Å². The van der Waals surface area contributed by atoms with Crippen LogP contribution in [0.15, 0.2) is 18.2 Å². The Morgan fingerprint density at radius 2 is 2.16 bits per heavy atom. The van der Waals surface area contributed by atoms with Crippen LogP contribution in [0.4, 0.5) is 13.2 Å². The molecule has 0 aliphatic carbocycles. The van der Waals surface area contributed by atoms with Gasteiger partial charge in [-0.25, -0.2) is 0 Å². The Bertz CT molecular complexity index is 499. The fourth-order valence-corrected chi connectivity index (χ4v) is 2.53. The summed E-state index contributed by atoms with van der Waals surface area (Å²) in [6, 6.07) is 4.49. The molecule has 3 nitrogen and oxygen atoms in total. The van der Waals surface area contributed by atoms with E-state index >= 15 is 0 Å². The van der Waals surface area contributed by atoms with E-state index in [1.807, 2.05) is 0 Å². The molecule has 0 fully saturated rings. The second kappa shape index (κ2) is 4.85. The number of hydrogen-bond acceptors (Lipinski definition) is 2. The molecule has 1 heterocycles. The minimum Gasteiger partial charge on any atom is -0.392 e. The first kappa shape index (κ1) is 13.9. The molecule has 0 radical (unpaired) electrons. The molecule has 0 bridgehead atoms. The molecule has 1 aromatic carbocycles.